The molecule has 0 aliphatic carbocycles. The second kappa shape index (κ2) is 6.87. The summed E-state index contributed by atoms with van der Waals surface area (Å²) < 4.78 is 24.4. The quantitative estimate of drug-likeness (QED) is 0.723. The molecule has 132 valence electrons. The molecule has 0 atom stereocenters. The van der Waals surface area contributed by atoms with Crippen molar-refractivity contribution in [3.63, 3.8) is 0 Å². The summed E-state index contributed by atoms with van der Waals surface area (Å²) in [6, 6.07) is 14.0. The molecule has 3 aromatic rings. The van der Waals surface area contributed by atoms with Crippen LogP contribution in [0.4, 0.5) is 21.8 Å². The lowest BCUT2D eigenvalue weighted by molar-refractivity contribution is 0.174. The predicted octanol–water partition coefficient (Wildman–Crippen LogP) is 4.01. The van der Waals surface area contributed by atoms with E-state index in [1.807, 2.05) is 31.2 Å². The fourth-order valence-corrected chi connectivity index (χ4v) is 2.65. The van der Waals surface area contributed by atoms with Crippen molar-refractivity contribution in [2.75, 3.05) is 17.4 Å². The molecular weight excluding hydrogens is 335 g/mol. The molecule has 2 heterocycles. The predicted molar refractivity (Wildman–Crippen MR) is 96.3 cm³/mol. The molecular formula is C19H17FN4O2. The van der Waals surface area contributed by atoms with Crippen LogP contribution in [0.3, 0.4) is 0 Å². The van der Waals surface area contributed by atoms with Gasteiger partial charge in [-0.2, -0.15) is 4.98 Å². The van der Waals surface area contributed by atoms with Gasteiger partial charge in [0.2, 0.25) is 12.7 Å². The van der Waals surface area contributed by atoms with Crippen LogP contribution in [0.25, 0.3) is 0 Å². The minimum atomic E-state index is -0.246. The lowest BCUT2D eigenvalue weighted by Crippen LogP contribution is -2.06. The summed E-state index contributed by atoms with van der Waals surface area (Å²) in [4.78, 5) is 8.83. The van der Waals surface area contributed by atoms with Gasteiger partial charge in [0.05, 0.1) is 0 Å². The van der Waals surface area contributed by atoms with Crippen molar-refractivity contribution in [1.82, 2.24) is 9.97 Å². The number of halogens is 1. The lowest BCUT2D eigenvalue weighted by Gasteiger charge is -2.11. The van der Waals surface area contributed by atoms with E-state index in [2.05, 4.69) is 20.6 Å². The lowest BCUT2D eigenvalue weighted by atomic mass is 10.2. The fourth-order valence-electron chi connectivity index (χ4n) is 2.65. The molecule has 2 aromatic carbocycles. The number of aromatic nitrogens is 2. The van der Waals surface area contributed by atoms with Crippen molar-refractivity contribution in [3.05, 3.63) is 65.6 Å². The highest BCUT2D eigenvalue weighted by Crippen LogP contribution is 2.34. The van der Waals surface area contributed by atoms with Crippen molar-refractivity contribution >= 4 is 17.5 Å². The van der Waals surface area contributed by atoms with E-state index in [9.17, 15) is 4.39 Å². The summed E-state index contributed by atoms with van der Waals surface area (Å²) in [6.07, 6.45) is 0. The average Bonchev–Trinajstić information content (AvgIpc) is 3.08. The van der Waals surface area contributed by atoms with Gasteiger partial charge in [0, 0.05) is 35.6 Å². The summed E-state index contributed by atoms with van der Waals surface area (Å²) >= 11 is 0. The van der Waals surface area contributed by atoms with Gasteiger partial charge in [-0.05, 0) is 25.1 Å². The highest BCUT2D eigenvalue weighted by molar-refractivity contribution is 5.61. The average molecular weight is 352 g/mol. The van der Waals surface area contributed by atoms with E-state index in [4.69, 9.17) is 9.47 Å². The Morgan fingerprint density at radius 1 is 1.04 bits per heavy atom. The number of fused-ring (bicyclic) bond motifs is 1. The Hall–Kier alpha value is -3.35. The monoisotopic (exact) mass is 352 g/mol. The second-order valence-electron chi connectivity index (χ2n) is 5.86. The Morgan fingerprint density at radius 3 is 2.77 bits per heavy atom. The maximum absolute atomic E-state index is 13.7. The van der Waals surface area contributed by atoms with Gasteiger partial charge >= 0.3 is 0 Å². The number of hydrogen-bond donors (Lipinski definition) is 2. The van der Waals surface area contributed by atoms with E-state index < -0.39 is 0 Å². The zero-order valence-corrected chi connectivity index (χ0v) is 14.1. The van der Waals surface area contributed by atoms with E-state index in [-0.39, 0.29) is 12.6 Å². The number of hydrogen-bond acceptors (Lipinski definition) is 6. The minimum Gasteiger partial charge on any atom is -0.454 e. The second-order valence-corrected chi connectivity index (χ2v) is 5.86. The van der Waals surface area contributed by atoms with Gasteiger partial charge in [0.25, 0.3) is 0 Å². The molecule has 6 nitrogen and oxygen atoms in total. The topological polar surface area (TPSA) is 68.3 Å². The van der Waals surface area contributed by atoms with Gasteiger partial charge in [0.15, 0.2) is 11.5 Å². The Labute approximate surface area is 150 Å². The van der Waals surface area contributed by atoms with Gasteiger partial charge in [0.1, 0.15) is 11.6 Å². The molecule has 1 aromatic heterocycles. The summed E-state index contributed by atoms with van der Waals surface area (Å²) in [5, 5.41) is 6.29. The first kappa shape index (κ1) is 16.1. The SMILES string of the molecule is Cc1cc(NCc2ccccc2F)nc(Nc2ccc3c(c2)OCO3)n1. The molecule has 0 amide bonds. The normalized spacial score (nSPS) is 12.1. The third-order valence-corrected chi connectivity index (χ3v) is 3.90. The molecule has 0 spiro atoms. The standard InChI is InChI=1S/C19H17FN4O2/c1-12-8-18(21-10-13-4-2-3-5-15(13)20)24-19(22-12)23-14-6-7-16-17(9-14)26-11-25-16/h2-9H,10-11H2,1H3,(H2,21,22,23,24). The Kier molecular flexibility index (Phi) is 4.27. The summed E-state index contributed by atoms with van der Waals surface area (Å²) in [6.45, 7) is 2.44. The van der Waals surface area contributed by atoms with Crippen molar-refractivity contribution in [2.45, 2.75) is 13.5 Å². The minimum absolute atomic E-state index is 0.226. The highest BCUT2D eigenvalue weighted by atomic mass is 19.1. The van der Waals surface area contributed by atoms with Crippen LogP contribution in [0.15, 0.2) is 48.5 Å². The van der Waals surface area contributed by atoms with Crippen LogP contribution < -0.4 is 20.1 Å². The number of ether oxygens (including phenoxy) is 2. The van der Waals surface area contributed by atoms with Gasteiger partial charge in [-0.25, -0.2) is 9.37 Å². The molecule has 0 radical (unpaired) electrons. The molecule has 0 saturated heterocycles. The van der Waals surface area contributed by atoms with Crippen LogP contribution in [-0.4, -0.2) is 16.8 Å². The first-order chi connectivity index (χ1) is 12.7. The maximum Gasteiger partial charge on any atom is 0.231 e. The third-order valence-electron chi connectivity index (χ3n) is 3.90. The largest absolute Gasteiger partial charge is 0.454 e. The molecule has 1 aliphatic heterocycles. The maximum atomic E-state index is 13.7. The zero-order chi connectivity index (χ0) is 17.9. The number of benzene rings is 2. The molecule has 1 aliphatic rings. The molecule has 0 unspecified atom stereocenters. The molecule has 7 heteroatoms. The number of nitrogens with zero attached hydrogens (tertiary/aromatic N) is 2. The molecule has 4 rings (SSSR count). The molecule has 2 N–H and O–H groups in total. The van der Waals surface area contributed by atoms with Crippen LogP contribution in [-0.2, 0) is 6.54 Å². The highest BCUT2D eigenvalue weighted by Gasteiger charge is 2.14. The van der Waals surface area contributed by atoms with E-state index in [1.165, 1.54) is 6.07 Å². The Bertz CT molecular complexity index is 949. The third kappa shape index (κ3) is 3.51. The summed E-state index contributed by atoms with van der Waals surface area (Å²) in [5.41, 5.74) is 2.16. The zero-order valence-electron chi connectivity index (χ0n) is 14.1. The van der Waals surface area contributed by atoms with Gasteiger partial charge in [-0.15, -0.1) is 0 Å². The van der Waals surface area contributed by atoms with E-state index >= 15 is 0 Å². The van der Waals surface area contributed by atoms with Gasteiger partial charge in [-0.3, -0.25) is 0 Å². The molecule has 26 heavy (non-hydrogen) atoms. The van der Waals surface area contributed by atoms with Crippen LogP contribution in [0, 0.1) is 12.7 Å². The molecule has 0 fully saturated rings. The number of anilines is 3. The smallest absolute Gasteiger partial charge is 0.231 e. The van der Waals surface area contributed by atoms with Crippen LogP contribution >= 0.6 is 0 Å². The van der Waals surface area contributed by atoms with Crippen molar-refractivity contribution in [3.8, 4) is 11.5 Å². The first-order valence-corrected chi connectivity index (χ1v) is 8.17. The number of rotatable bonds is 5. The van der Waals surface area contributed by atoms with Gasteiger partial charge in [-0.1, -0.05) is 18.2 Å². The van der Waals surface area contributed by atoms with Crippen LogP contribution in [0.2, 0.25) is 0 Å². The number of nitrogens with one attached hydrogen (secondary N) is 2. The van der Waals surface area contributed by atoms with E-state index in [0.717, 1.165) is 11.4 Å². The fraction of sp³-hybridized carbons (Fsp3) is 0.158. The first-order valence-electron chi connectivity index (χ1n) is 8.17. The Balaban J connectivity index is 1.50. The number of aryl methyl sites for hydroxylation is 1. The van der Waals surface area contributed by atoms with Crippen molar-refractivity contribution in [2.24, 2.45) is 0 Å². The van der Waals surface area contributed by atoms with Crippen molar-refractivity contribution < 1.29 is 13.9 Å². The molecule has 0 bridgehead atoms. The summed E-state index contributed by atoms with van der Waals surface area (Å²) in [7, 11) is 0. The Morgan fingerprint density at radius 2 is 1.88 bits per heavy atom. The van der Waals surface area contributed by atoms with Crippen molar-refractivity contribution in [1.29, 1.82) is 0 Å². The van der Waals surface area contributed by atoms with E-state index in [1.54, 1.807) is 18.2 Å². The van der Waals surface area contributed by atoms with Crippen LogP contribution in [0.1, 0.15) is 11.3 Å². The van der Waals surface area contributed by atoms with Gasteiger partial charge < -0.3 is 20.1 Å². The molecule has 0 saturated carbocycles. The van der Waals surface area contributed by atoms with E-state index in [0.29, 0.717) is 35.4 Å². The summed E-state index contributed by atoms with van der Waals surface area (Å²) in [5.74, 6) is 2.21. The van der Waals surface area contributed by atoms with Crippen LogP contribution in [0.5, 0.6) is 11.5 Å².